The Labute approximate surface area is 143 Å². The molecule has 114 valence electrons. The van der Waals surface area contributed by atoms with Crippen molar-refractivity contribution in [2.75, 3.05) is 6.61 Å². The van der Waals surface area contributed by atoms with Crippen molar-refractivity contribution < 1.29 is 9.53 Å². The second-order valence-electron chi connectivity index (χ2n) is 4.60. The van der Waals surface area contributed by atoms with Crippen LogP contribution in [0, 0.1) is 23.7 Å². The van der Waals surface area contributed by atoms with Crippen LogP contribution >= 0.6 is 27.5 Å². The van der Waals surface area contributed by atoms with Gasteiger partial charge in [0.25, 0.3) is 5.91 Å². The summed E-state index contributed by atoms with van der Waals surface area (Å²) in [5.41, 5.74) is 0.592. The molecule has 6 heteroatoms. The van der Waals surface area contributed by atoms with Crippen LogP contribution in [-0.2, 0) is 4.79 Å². The highest BCUT2D eigenvalue weighted by atomic mass is 79.9. The number of carbonyl (C=O) groups is 1. The summed E-state index contributed by atoms with van der Waals surface area (Å²) in [6, 6.07) is 5.11. The van der Waals surface area contributed by atoms with E-state index in [9.17, 15) is 4.79 Å². The largest absolute Gasteiger partial charge is 0.478 e. The van der Waals surface area contributed by atoms with Crippen molar-refractivity contribution >= 4 is 39.5 Å². The maximum absolute atomic E-state index is 11.9. The second-order valence-corrected chi connectivity index (χ2v) is 5.87. The average Bonchev–Trinajstić information content (AvgIpc) is 2.43. The fourth-order valence-electron chi connectivity index (χ4n) is 1.57. The number of benzene rings is 1. The van der Waals surface area contributed by atoms with E-state index in [-0.39, 0.29) is 18.2 Å². The standard InChI is InChI=1S/C16H14BrClN2O2/c1-4-5-22-15-13(17)7-11(8-14(15)18)6-12(9-19)16(21)20-10(2)3/h1,6-8,10H,5H2,2-3H3,(H,20,21)/b12-6-. The number of hydrogen-bond acceptors (Lipinski definition) is 3. The number of nitriles is 1. The molecule has 4 nitrogen and oxygen atoms in total. The van der Waals surface area contributed by atoms with Gasteiger partial charge in [0.1, 0.15) is 18.2 Å². The number of halogens is 2. The molecule has 0 aromatic heterocycles. The lowest BCUT2D eigenvalue weighted by Crippen LogP contribution is -2.30. The molecule has 0 atom stereocenters. The van der Waals surface area contributed by atoms with Gasteiger partial charge in [0.15, 0.2) is 5.75 Å². The van der Waals surface area contributed by atoms with Crippen LogP contribution in [0.2, 0.25) is 5.02 Å². The zero-order valence-corrected chi connectivity index (χ0v) is 14.5. The van der Waals surface area contributed by atoms with Gasteiger partial charge in [-0.1, -0.05) is 17.5 Å². The summed E-state index contributed by atoms with van der Waals surface area (Å²) in [6.07, 6.45) is 6.60. The Hall–Kier alpha value is -1.95. The van der Waals surface area contributed by atoms with Crippen LogP contribution in [0.3, 0.4) is 0 Å². The number of nitrogens with zero attached hydrogens (tertiary/aromatic N) is 1. The van der Waals surface area contributed by atoms with Gasteiger partial charge in [-0.3, -0.25) is 4.79 Å². The van der Waals surface area contributed by atoms with Crippen molar-refractivity contribution in [1.29, 1.82) is 5.26 Å². The molecular weight excluding hydrogens is 368 g/mol. The minimum absolute atomic E-state index is 0.00559. The van der Waals surface area contributed by atoms with Crippen LogP contribution in [0.4, 0.5) is 0 Å². The van der Waals surface area contributed by atoms with Crippen LogP contribution in [0.5, 0.6) is 5.75 Å². The number of carbonyl (C=O) groups excluding carboxylic acids is 1. The Balaban J connectivity index is 3.12. The third-order valence-corrected chi connectivity index (χ3v) is 3.29. The molecule has 0 fully saturated rings. The number of rotatable bonds is 5. The summed E-state index contributed by atoms with van der Waals surface area (Å²) in [7, 11) is 0. The van der Waals surface area contributed by atoms with Gasteiger partial charge < -0.3 is 10.1 Å². The lowest BCUT2D eigenvalue weighted by Gasteiger charge is -2.10. The van der Waals surface area contributed by atoms with Gasteiger partial charge in [-0.25, -0.2) is 0 Å². The van der Waals surface area contributed by atoms with Crippen LogP contribution in [0.1, 0.15) is 19.4 Å². The molecule has 1 aromatic rings. The van der Waals surface area contributed by atoms with E-state index in [0.717, 1.165) is 0 Å². The third-order valence-electron chi connectivity index (χ3n) is 2.42. The average molecular weight is 382 g/mol. The van der Waals surface area contributed by atoms with Gasteiger partial charge in [-0.2, -0.15) is 5.26 Å². The number of ether oxygens (including phenoxy) is 1. The van der Waals surface area contributed by atoms with Gasteiger partial charge in [-0.15, -0.1) is 6.42 Å². The molecule has 0 heterocycles. The summed E-state index contributed by atoms with van der Waals surface area (Å²) in [6.45, 7) is 3.73. The number of nitrogens with one attached hydrogen (secondary N) is 1. The number of amides is 1. The minimum atomic E-state index is -0.433. The quantitative estimate of drug-likeness (QED) is 0.482. The van der Waals surface area contributed by atoms with Gasteiger partial charge in [0.2, 0.25) is 0 Å². The van der Waals surface area contributed by atoms with Gasteiger partial charge in [-0.05, 0) is 53.5 Å². The molecule has 1 aromatic carbocycles. The first-order valence-corrected chi connectivity index (χ1v) is 7.54. The summed E-state index contributed by atoms with van der Waals surface area (Å²) >= 11 is 9.45. The number of hydrogen-bond donors (Lipinski definition) is 1. The molecule has 1 amide bonds. The maximum atomic E-state index is 11.9. The van der Waals surface area contributed by atoms with Crippen LogP contribution in [-0.4, -0.2) is 18.6 Å². The van der Waals surface area contributed by atoms with Gasteiger partial charge in [0, 0.05) is 6.04 Å². The van der Waals surface area contributed by atoms with E-state index >= 15 is 0 Å². The third kappa shape index (κ3) is 5.11. The fraction of sp³-hybridized carbons (Fsp3) is 0.250. The summed E-state index contributed by atoms with van der Waals surface area (Å²) in [5, 5.41) is 12.1. The molecule has 1 rings (SSSR count). The molecule has 0 saturated carbocycles. The second kappa shape index (κ2) is 8.48. The van der Waals surface area contributed by atoms with Crippen LogP contribution in [0.25, 0.3) is 6.08 Å². The molecule has 0 aliphatic carbocycles. The van der Waals surface area contributed by atoms with Crippen molar-refractivity contribution in [3.05, 3.63) is 32.8 Å². The van der Waals surface area contributed by atoms with Crippen molar-refractivity contribution in [3.8, 4) is 24.2 Å². The summed E-state index contributed by atoms with van der Waals surface area (Å²) in [4.78, 5) is 11.9. The van der Waals surface area contributed by atoms with Crippen LogP contribution < -0.4 is 10.1 Å². The summed E-state index contributed by atoms with van der Waals surface area (Å²) < 4.78 is 5.91. The maximum Gasteiger partial charge on any atom is 0.262 e. The topological polar surface area (TPSA) is 62.1 Å². The zero-order valence-electron chi connectivity index (χ0n) is 12.1. The first-order chi connectivity index (χ1) is 10.4. The number of terminal acetylenes is 1. The highest BCUT2D eigenvalue weighted by molar-refractivity contribution is 9.10. The summed E-state index contributed by atoms with van der Waals surface area (Å²) in [5.74, 6) is 2.34. The van der Waals surface area contributed by atoms with E-state index in [1.165, 1.54) is 6.08 Å². The highest BCUT2D eigenvalue weighted by Crippen LogP contribution is 2.35. The molecule has 0 saturated heterocycles. The predicted molar refractivity (Wildman–Crippen MR) is 90.3 cm³/mol. The smallest absolute Gasteiger partial charge is 0.262 e. The molecular formula is C16H14BrClN2O2. The molecule has 1 N–H and O–H groups in total. The Kier molecular flexibility index (Phi) is 6.98. The van der Waals surface area contributed by atoms with Gasteiger partial charge in [0.05, 0.1) is 9.50 Å². The Bertz CT molecular complexity index is 661. The lowest BCUT2D eigenvalue weighted by molar-refractivity contribution is -0.117. The lowest BCUT2D eigenvalue weighted by atomic mass is 10.1. The molecule has 0 bridgehead atoms. The zero-order chi connectivity index (χ0) is 16.7. The van der Waals surface area contributed by atoms with Gasteiger partial charge >= 0.3 is 0 Å². The van der Waals surface area contributed by atoms with Crippen molar-refractivity contribution in [2.45, 2.75) is 19.9 Å². The van der Waals surface area contributed by atoms with Crippen molar-refractivity contribution in [2.24, 2.45) is 0 Å². The Morgan fingerprint density at radius 2 is 2.27 bits per heavy atom. The Morgan fingerprint density at radius 1 is 1.59 bits per heavy atom. The van der Waals surface area contributed by atoms with E-state index in [4.69, 9.17) is 28.0 Å². The first kappa shape index (κ1) is 18.1. The van der Waals surface area contributed by atoms with Crippen molar-refractivity contribution in [1.82, 2.24) is 5.32 Å². The molecule has 0 radical (unpaired) electrons. The minimum Gasteiger partial charge on any atom is -0.478 e. The molecule has 0 spiro atoms. The molecule has 0 unspecified atom stereocenters. The molecule has 0 aliphatic heterocycles. The monoisotopic (exact) mass is 380 g/mol. The molecule has 0 aliphatic rings. The fourth-order valence-corrected chi connectivity index (χ4v) is 2.56. The van der Waals surface area contributed by atoms with E-state index in [2.05, 4.69) is 27.2 Å². The van der Waals surface area contributed by atoms with Crippen molar-refractivity contribution in [3.63, 3.8) is 0 Å². The van der Waals surface area contributed by atoms with Crippen LogP contribution in [0.15, 0.2) is 22.2 Å². The highest BCUT2D eigenvalue weighted by Gasteiger charge is 2.12. The Morgan fingerprint density at radius 3 is 2.77 bits per heavy atom. The first-order valence-electron chi connectivity index (χ1n) is 6.37. The predicted octanol–water partition coefficient (Wildman–Crippen LogP) is 3.55. The molecule has 22 heavy (non-hydrogen) atoms. The van der Waals surface area contributed by atoms with E-state index < -0.39 is 5.91 Å². The van der Waals surface area contributed by atoms with E-state index in [1.54, 1.807) is 12.1 Å². The normalized spacial score (nSPS) is 10.8. The van der Waals surface area contributed by atoms with E-state index in [1.807, 2.05) is 19.9 Å². The SMILES string of the molecule is C#CCOc1c(Cl)cc(/C=C(/C#N)C(=O)NC(C)C)cc1Br. The van der Waals surface area contributed by atoms with E-state index in [0.29, 0.717) is 20.8 Å².